The molecule has 0 radical (unpaired) electrons. The number of methoxy groups -OCH3 is 1. The van der Waals surface area contributed by atoms with Crippen LogP contribution in [0.1, 0.15) is 37.3 Å². The lowest BCUT2D eigenvalue weighted by Crippen LogP contribution is -2.21. The maximum atomic E-state index is 6.01. The zero-order chi connectivity index (χ0) is 13.0. The molecule has 1 atom stereocenters. The van der Waals surface area contributed by atoms with Gasteiger partial charge in [0, 0.05) is 12.6 Å². The van der Waals surface area contributed by atoms with Gasteiger partial charge in [-0.1, -0.05) is 6.07 Å². The van der Waals surface area contributed by atoms with E-state index >= 15 is 0 Å². The number of benzene rings is 1. The number of ether oxygens (including phenoxy) is 2. The van der Waals surface area contributed by atoms with E-state index in [-0.39, 0.29) is 6.04 Å². The average molecular weight is 250 g/mol. The molecule has 0 aromatic heterocycles. The van der Waals surface area contributed by atoms with Crippen molar-refractivity contribution in [2.24, 2.45) is 11.5 Å². The molecule has 1 aliphatic rings. The van der Waals surface area contributed by atoms with Gasteiger partial charge in [0.25, 0.3) is 0 Å². The van der Waals surface area contributed by atoms with Crippen molar-refractivity contribution in [1.82, 2.24) is 0 Å². The summed E-state index contributed by atoms with van der Waals surface area (Å²) in [4.78, 5) is 0. The third-order valence-electron chi connectivity index (χ3n) is 3.47. The molecule has 1 aromatic rings. The van der Waals surface area contributed by atoms with Gasteiger partial charge in [-0.25, -0.2) is 0 Å². The second-order valence-electron chi connectivity index (χ2n) is 4.78. The van der Waals surface area contributed by atoms with Crippen LogP contribution in [0.4, 0.5) is 0 Å². The molecule has 0 spiro atoms. The summed E-state index contributed by atoms with van der Waals surface area (Å²) in [5.41, 5.74) is 12.5. The van der Waals surface area contributed by atoms with Crippen molar-refractivity contribution in [3.8, 4) is 11.5 Å². The minimum absolute atomic E-state index is 0.151. The normalized spacial score (nSPS) is 17.7. The molecule has 1 fully saturated rings. The molecule has 4 N–H and O–H groups in total. The van der Waals surface area contributed by atoms with Crippen molar-refractivity contribution >= 4 is 0 Å². The lowest BCUT2D eigenvalue weighted by atomic mass is 10.1. The molecule has 0 heterocycles. The van der Waals surface area contributed by atoms with Gasteiger partial charge in [0.05, 0.1) is 13.2 Å². The molecule has 100 valence electrons. The molecule has 0 amide bonds. The largest absolute Gasteiger partial charge is 0.493 e. The lowest BCUT2D eigenvalue weighted by Gasteiger charge is -2.18. The molecule has 1 aliphatic carbocycles. The first-order chi connectivity index (χ1) is 8.74. The van der Waals surface area contributed by atoms with Crippen LogP contribution in [0.2, 0.25) is 0 Å². The zero-order valence-electron chi connectivity index (χ0n) is 10.9. The summed E-state index contributed by atoms with van der Waals surface area (Å²) in [5.74, 6) is 1.54. The van der Waals surface area contributed by atoms with Gasteiger partial charge in [0.15, 0.2) is 11.5 Å². The Bertz CT molecular complexity index is 389. The highest BCUT2D eigenvalue weighted by Crippen LogP contribution is 2.33. The fourth-order valence-corrected chi connectivity index (χ4v) is 2.34. The Hall–Kier alpha value is -1.26. The molecule has 1 saturated carbocycles. The number of nitrogens with two attached hydrogens (primary N) is 2. The number of rotatable bonds is 5. The monoisotopic (exact) mass is 250 g/mol. The summed E-state index contributed by atoms with van der Waals surface area (Å²) in [6.07, 6.45) is 5.04. The predicted molar refractivity (Wildman–Crippen MR) is 71.9 cm³/mol. The summed E-state index contributed by atoms with van der Waals surface area (Å²) in [6, 6.07) is 5.64. The quantitative estimate of drug-likeness (QED) is 0.838. The van der Waals surface area contributed by atoms with Gasteiger partial charge in [-0.2, -0.15) is 0 Å². The van der Waals surface area contributed by atoms with Gasteiger partial charge in [0.1, 0.15) is 0 Å². The maximum absolute atomic E-state index is 6.01. The highest BCUT2D eigenvalue weighted by Gasteiger charge is 2.19. The molecule has 2 rings (SSSR count). The topological polar surface area (TPSA) is 70.5 Å². The fourth-order valence-electron chi connectivity index (χ4n) is 2.34. The van der Waals surface area contributed by atoms with Crippen molar-refractivity contribution in [1.29, 1.82) is 0 Å². The smallest absolute Gasteiger partial charge is 0.161 e. The summed E-state index contributed by atoms with van der Waals surface area (Å²) >= 11 is 0. The first kappa shape index (κ1) is 13.2. The Balaban J connectivity index is 2.18. The van der Waals surface area contributed by atoms with Crippen LogP contribution in [0.15, 0.2) is 18.2 Å². The summed E-state index contributed by atoms with van der Waals surface area (Å²) in [5, 5.41) is 0. The Kier molecular flexibility index (Phi) is 4.44. The molecule has 4 nitrogen and oxygen atoms in total. The molecule has 0 aliphatic heterocycles. The Labute approximate surface area is 108 Å². The minimum Gasteiger partial charge on any atom is -0.493 e. The Morgan fingerprint density at radius 3 is 2.61 bits per heavy atom. The Morgan fingerprint density at radius 1 is 1.28 bits per heavy atom. The van der Waals surface area contributed by atoms with Gasteiger partial charge in [-0.3, -0.25) is 0 Å². The van der Waals surface area contributed by atoms with E-state index in [1.165, 1.54) is 12.8 Å². The van der Waals surface area contributed by atoms with E-state index in [4.69, 9.17) is 20.9 Å². The summed E-state index contributed by atoms with van der Waals surface area (Å²) in [6.45, 7) is 0.426. The Morgan fingerprint density at radius 2 is 2.00 bits per heavy atom. The predicted octanol–water partition coefficient (Wildman–Crippen LogP) is 1.98. The van der Waals surface area contributed by atoms with E-state index in [1.54, 1.807) is 7.11 Å². The molecule has 18 heavy (non-hydrogen) atoms. The van der Waals surface area contributed by atoms with Crippen LogP contribution in [0.25, 0.3) is 0 Å². The van der Waals surface area contributed by atoms with E-state index < -0.39 is 0 Å². The van der Waals surface area contributed by atoms with Crippen LogP contribution >= 0.6 is 0 Å². The highest BCUT2D eigenvalue weighted by atomic mass is 16.5. The summed E-state index contributed by atoms with van der Waals surface area (Å²) < 4.78 is 11.3. The highest BCUT2D eigenvalue weighted by molar-refractivity contribution is 5.44. The van der Waals surface area contributed by atoms with E-state index in [1.807, 2.05) is 18.2 Å². The second-order valence-corrected chi connectivity index (χ2v) is 4.78. The van der Waals surface area contributed by atoms with Crippen molar-refractivity contribution in [2.75, 3.05) is 13.7 Å². The van der Waals surface area contributed by atoms with Crippen molar-refractivity contribution in [2.45, 2.75) is 37.8 Å². The van der Waals surface area contributed by atoms with Crippen LogP contribution in [0.3, 0.4) is 0 Å². The molecular formula is C14H22N2O2. The number of hydrogen-bond donors (Lipinski definition) is 2. The molecule has 4 heteroatoms. The van der Waals surface area contributed by atoms with Crippen LogP contribution in [-0.4, -0.2) is 19.8 Å². The van der Waals surface area contributed by atoms with Crippen molar-refractivity contribution in [3.63, 3.8) is 0 Å². The van der Waals surface area contributed by atoms with Gasteiger partial charge in [0.2, 0.25) is 0 Å². The van der Waals surface area contributed by atoms with E-state index in [2.05, 4.69) is 0 Å². The van der Waals surface area contributed by atoms with Crippen LogP contribution in [-0.2, 0) is 0 Å². The second kappa shape index (κ2) is 6.07. The molecule has 0 saturated heterocycles. The van der Waals surface area contributed by atoms with Gasteiger partial charge < -0.3 is 20.9 Å². The van der Waals surface area contributed by atoms with Gasteiger partial charge in [-0.05, 0) is 43.4 Å². The first-order valence-corrected chi connectivity index (χ1v) is 6.55. The van der Waals surface area contributed by atoms with Crippen LogP contribution in [0, 0.1) is 0 Å². The van der Waals surface area contributed by atoms with E-state index in [0.717, 1.165) is 29.9 Å². The minimum atomic E-state index is -0.151. The SMILES string of the molecule is COc1ccc(C(N)CN)cc1OC1CCCC1. The molecule has 1 unspecified atom stereocenters. The maximum Gasteiger partial charge on any atom is 0.161 e. The lowest BCUT2D eigenvalue weighted by molar-refractivity contribution is 0.200. The van der Waals surface area contributed by atoms with Gasteiger partial charge >= 0.3 is 0 Å². The van der Waals surface area contributed by atoms with Gasteiger partial charge in [-0.15, -0.1) is 0 Å². The fraction of sp³-hybridized carbons (Fsp3) is 0.571. The first-order valence-electron chi connectivity index (χ1n) is 6.55. The van der Waals surface area contributed by atoms with Crippen molar-refractivity contribution in [3.05, 3.63) is 23.8 Å². The number of hydrogen-bond acceptors (Lipinski definition) is 4. The van der Waals surface area contributed by atoms with Crippen LogP contribution in [0.5, 0.6) is 11.5 Å². The third kappa shape index (κ3) is 2.94. The molecule has 1 aromatic carbocycles. The van der Waals surface area contributed by atoms with Crippen LogP contribution < -0.4 is 20.9 Å². The molecule has 0 bridgehead atoms. The zero-order valence-corrected chi connectivity index (χ0v) is 10.9. The summed E-state index contributed by atoms with van der Waals surface area (Å²) in [7, 11) is 1.65. The third-order valence-corrected chi connectivity index (χ3v) is 3.47. The van der Waals surface area contributed by atoms with Crippen molar-refractivity contribution < 1.29 is 9.47 Å². The standard InChI is InChI=1S/C14H22N2O2/c1-17-13-7-6-10(12(16)9-15)8-14(13)18-11-4-2-3-5-11/h6-8,11-12H,2-5,9,15-16H2,1H3. The van der Waals surface area contributed by atoms with E-state index in [0.29, 0.717) is 12.6 Å². The average Bonchev–Trinajstić information content (AvgIpc) is 2.90. The van der Waals surface area contributed by atoms with E-state index in [9.17, 15) is 0 Å². The molecular weight excluding hydrogens is 228 g/mol.